The van der Waals surface area contributed by atoms with E-state index in [1.165, 1.54) is 0 Å². The largest absolute Gasteiger partial charge is 0.425 e. The summed E-state index contributed by atoms with van der Waals surface area (Å²) in [6.45, 7) is 0. The minimum absolute atomic E-state index is 0.194. The van der Waals surface area contributed by atoms with E-state index in [4.69, 9.17) is 23.2 Å². The third-order valence-corrected chi connectivity index (χ3v) is 1.50. The normalized spacial score (nSPS) is 14.6. The Morgan fingerprint density at radius 3 is 1.27 bits per heavy atom. The van der Waals surface area contributed by atoms with Gasteiger partial charge in [0.1, 0.15) is 0 Å². The van der Waals surface area contributed by atoms with Gasteiger partial charge in [0.15, 0.2) is 4.84 Å². The van der Waals surface area contributed by atoms with E-state index in [1.807, 2.05) is 0 Å². The molecule has 1 atom stereocenters. The zero-order chi connectivity index (χ0) is 12.9. The Kier molecular flexibility index (Phi) is 8.62. The summed E-state index contributed by atoms with van der Waals surface area (Å²) in [5, 5.41) is 0.194. The van der Waals surface area contributed by atoms with Crippen molar-refractivity contribution in [2.24, 2.45) is 0 Å². The third kappa shape index (κ3) is 6.81. The Morgan fingerprint density at radius 2 is 1.20 bits per heavy atom. The first-order valence-corrected chi connectivity index (χ1v) is 4.94. The van der Waals surface area contributed by atoms with E-state index < -0.39 is 23.1 Å². The highest BCUT2D eigenvalue weighted by Gasteiger charge is 2.60. The highest BCUT2D eigenvalue weighted by molar-refractivity contribution is 6.45. The fourth-order valence-electron chi connectivity index (χ4n) is 0.329. The van der Waals surface area contributed by atoms with Gasteiger partial charge in [0.25, 0.3) is 6.17 Å². The van der Waals surface area contributed by atoms with Crippen LogP contribution in [-0.2, 0) is 0 Å². The van der Waals surface area contributed by atoms with Gasteiger partial charge in [-0.25, -0.2) is 4.39 Å². The molecule has 0 bridgehead atoms. The van der Waals surface area contributed by atoms with Gasteiger partial charge in [-0.15, -0.1) is 23.2 Å². The van der Waals surface area contributed by atoms with Crippen molar-refractivity contribution in [2.75, 3.05) is 5.34 Å². The lowest BCUT2D eigenvalue weighted by Crippen LogP contribution is -2.45. The summed E-state index contributed by atoms with van der Waals surface area (Å²) < 4.78 is 70.0. The van der Waals surface area contributed by atoms with Crippen molar-refractivity contribution < 1.29 is 26.3 Å². The monoisotopic (exact) mass is 318 g/mol. The van der Waals surface area contributed by atoms with Crippen molar-refractivity contribution in [3.8, 4) is 0 Å². The third-order valence-electron chi connectivity index (χ3n) is 0.916. The molecule has 0 N–H and O–H groups in total. The maximum absolute atomic E-state index is 12.1. The van der Waals surface area contributed by atoms with Crippen LogP contribution in [0.5, 0.6) is 0 Å². The van der Waals surface area contributed by atoms with Crippen molar-refractivity contribution >= 4 is 46.4 Å². The average molecular weight is 320 g/mol. The minimum Gasteiger partial charge on any atom is -0.231 e. The van der Waals surface area contributed by atoms with E-state index in [0.717, 1.165) is 0 Å². The first kappa shape index (κ1) is 18.1. The molecule has 0 radical (unpaired) electrons. The fourth-order valence-corrected chi connectivity index (χ4v) is 0.550. The molecule has 15 heavy (non-hydrogen) atoms. The van der Waals surface area contributed by atoms with E-state index in [-0.39, 0.29) is 5.34 Å². The van der Waals surface area contributed by atoms with Crippen molar-refractivity contribution in [1.29, 1.82) is 0 Å². The van der Waals surface area contributed by atoms with E-state index in [2.05, 4.69) is 23.2 Å². The topological polar surface area (TPSA) is 0 Å². The summed E-state index contributed by atoms with van der Waals surface area (Å²) >= 11 is 18.4. The van der Waals surface area contributed by atoms with Gasteiger partial charge in [0.2, 0.25) is 0 Å². The molecular formula is C5H4Cl4F6. The molecule has 0 saturated heterocycles. The van der Waals surface area contributed by atoms with Crippen LogP contribution >= 0.6 is 46.4 Å². The lowest BCUT2D eigenvalue weighted by Gasteiger charge is -2.22. The second-order valence-corrected chi connectivity index (χ2v) is 3.88. The summed E-state index contributed by atoms with van der Waals surface area (Å²) in [6, 6.07) is 0. The highest BCUT2D eigenvalue weighted by atomic mass is 35.5. The zero-order valence-electron chi connectivity index (χ0n) is 6.64. The van der Waals surface area contributed by atoms with Crippen molar-refractivity contribution in [2.45, 2.75) is 23.1 Å². The predicted octanol–water partition coefficient (Wildman–Crippen LogP) is 4.75. The Hall–Kier alpha value is 0.740. The Labute approximate surface area is 101 Å². The molecule has 0 aromatic carbocycles. The van der Waals surface area contributed by atoms with Crippen LogP contribution in [0.4, 0.5) is 26.3 Å². The molecule has 0 aromatic rings. The second kappa shape index (κ2) is 7.14. The molecule has 0 rings (SSSR count). The molecule has 1 unspecified atom stereocenters. The maximum atomic E-state index is 12.1. The molecular weight excluding hydrogens is 316 g/mol. The smallest absolute Gasteiger partial charge is 0.231 e. The minimum atomic E-state index is -5.66. The Balaban J connectivity index is 0. The molecule has 94 valence electrons. The molecule has 0 saturated carbocycles. The molecule has 0 fully saturated rings. The number of hydrogen-bond acceptors (Lipinski definition) is 0. The molecule has 0 aliphatic heterocycles. The van der Waals surface area contributed by atoms with Crippen LogP contribution < -0.4 is 0 Å². The Morgan fingerprint density at radius 1 is 0.933 bits per heavy atom. The van der Waals surface area contributed by atoms with Gasteiger partial charge in [0, 0.05) is 0 Å². The molecule has 10 heteroatoms. The average Bonchev–Trinajstić information content (AvgIpc) is 2.02. The number of halogens is 10. The molecule has 0 aromatic heterocycles. The zero-order valence-corrected chi connectivity index (χ0v) is 9.67. The SMILES string of the molecule is ClCCl.FC(C(F)(F)F)C(F)(F)C(Cl)Cl. The predicted molar refractivity (Wildman–Crippen MR) is 48.0 cm³/mol. The first-order valence-electron chi connectivity index (χ1n) is 3.00. The number of rotatable bonds is 2. The highest BCUT2D eigenvalue weighted by Crippen LogP contribution is 2.40. The van der Waals surface area contributed by atoms with E-state index in [0.29, 0.717) is 0 Å². The summed E-state index contributed by atoms with van der Waals surface area (Å²) in [6.07, 6.45) is -10.0. The number of alkyl halides is 10. The second-order valence-electron chi connectivity index (χ2n) is 1.98. The molecule has 0 aliphatic carbocycles. The molecule has 0 spiro atoms. The van der Waals surface area contributed by atoms with E-state index in [9.17, 15) is 26.3 Å². The standard InChI is InChI=1S/C4H2Cl2F6.CH2Cl2/c5-2(6)3(8,9)1(7)4(10,11)12;2-1-3/h1-2H;1H2. The van der Waals surface area contributed by atoms with Crippen molar-refractivity contribution in [3.05, 3.63) is 0 Å². The molecule has 0 nitrogen and oxygen atoms in total. The van der Waals surface area contributed by atoms with E-state index >= 15 is 0 Å². The van der Waals surface area contributed by atoms with Crippen LogP contribution in [0.25, 0.3) is 0 Å². The van der Waals surface area contributed by atoms with Crippen LogP contribution in [0.15, 0.2) is 0 Å². The first-order chi connectivity index (χ1) is 6.51. The van der Waals surface area contributed by atoms with Crippen LogP contribution in [-0.4, -0.2) is 28.4 Å². The maximum Gasteiger partial charge on any atom is 0.425 e. The summed E-state index contributed by atoms with van der Waals surface area (Å²) in [5.41, 5.74) is 0. The summed E-state index contributed by atoms with van der Waals surface area (Å²) in [5.74, 6) is -4.82. The molecule has 0 heterocycles. The van der Waals surface area contributed by atoms with Crippen LogP contribution in [0.1, 0.15) is 0 Å². The van der Waals surface area contributed by atoms with Gasteiger partial charge < -0.3 is 0 Å². The summed E-state index contributed by atoms with van der Waals surface area (Å²) in [7, 11) is 0. The van der Waals surface area contributed by atoms with Crippen LogP contribution in [0, 0.1) is 0 Å². The van der Waals surface area contributed by atoms with Crippen LogP contribution in [0.3, 0.4) is 0 Å². The molecule has 0 amide bonds. The lowest BCUT2D eigenvalue weighted by molar-refractivity contribution is -0.240. The van der Waals surface area contributed by atoms with Crippen molar-refractivity contribution in [3.63, 3.8) is 0 Å². The quantitative estimate of drug-likeness (QED) is 0.509. The van der Waals surface area contributed by atoms with Gasteiger partial charge in [-0.05, 0) is 0 Å². The fraction of sp³-hybridized carbons (Fsp3) is 1.00. The van der Waals surface area contributed by atoms with Gasteiger partial charge in [-0.1, -0.05) is 23.2 Å². The van der Waals surface area contributed by atoms with E-state index in [1.54, 1.807) is 0 Å². The van der Waals surface area contributed by atoms with Gasteiger partial charge in [0.05, 0.1) is 5.34 Å². The van der Waals surface area contributed by atoms with Gasteiger partial charge in [-0.3, -0.25) is 0 Å². The van der Waals surface area contributed by atoms with Gasteiger partial charge in [-0.2, -0.15) is 22.0 Å². The lowest BCUT2D eigenvalue weighted by atomic mass is 10.2. The number of hydrogen-bond donors (Lipinski definition) is 0. The Bertz CT molecular complexity index is 169. The van der Waals surface area contributed by atoms with Gasteiger partial charge >= 0.3 is 12.1 Å². The molecule has 0 aliphatic rings. The van der Waals surface area contributed by atoms with Crippen LogP contribution in [0.2, 0.25) is 0 Å². The van der Waals surface area contributed by atoms with Crippen molar-refractivity contribution in [1.82, 2.24) is 0 Å². The summed E-state index contributed by atoms with van der Waals surface area (Å²) in [4.78, 5) is -2.73.